The Bertz CT molecular complexity index is 402. The Labute approximate surface area is 104 Å². The summed E-state index contributed by atoms with van der Waals surface area (Å²) in [5, 5.41) is 2.88. The second-order valence-corrected chi connectivity index (χ2v) is 4.55. The number of alkyl halides is 3. The van der Waals surface area contributed by atoms with Gasteiger partial charge in [0, 0.05) is 25.8 Å². The Kier molecular flexibility index (Phi) is 3.75. The summed E-state index contributed by atoms with van der Waals surface area (Å²) < 4.78 is 37.4. The van der Waals surface area contributed by atoms with Crippen LogP contribution in [0, 0.1) is 0 Å². The van der Waals surface area contributed by atoms with E-state index in [9.17, 15) is 13.2 Å². The second kappa shape index (κ2) is 5.14. The Balaban J connectivity index is 2.03. The van der Waals surface area contributed by atoms with Gasteiger partial charge in [0.2, 0.25) is 0 Å². The number of hydrogen-bond donors (Lipinski definition) is 1. The average molecular weight is 259 g/mol. The quantitative estimate of drug-likeness (QED) is 0.881. The number of aromatic nitrogens is 1. The third-order valence-electron chi connectivity index (χ3n) is 2.91. The Hall–Kier alpha value is -1.30. The normalized spacial score (nSPS) is 16.1. The van der Waals surface area contributed by atoms with E-state index < -0.39 is 12.7 Å². The first-order chi connectivity index (χ1) is 8.48. The molecule has 2 rings (SSSR count). The van der Waals surface area contributed by atoms with Crippen LogP contribution in [0.2, 0.25) is 0 Å². The third kappa shape index (κ3) is 3.87. The number of anilines is 1. The molecule has 1 aromatic rings. The van der Waals surface area contributed by atoms with E-state index >= 15 is 0 Å². The molecule has 1 saturated carbocycles. The van der Waals surface area contributed by atoms with Crippen molar-refractivity contribution in [3.8, 4) is 0 Å². The molecule has 1 aliphatic carbocycles. The molecule has 0 aliphatic heterocycles. The molecule has 6 heteroatoms. The standard InChI is InChI=1S/C12H16F3N3/c1-16-11-6-9(4-5-17-11)7-18(10-2-3-10)8-12(13,14)15/h4-6,10H,2-3,7-8H2,1H3,(H,16,17). The molecule has 1 fully saturated rings. The SMILES string of the molecule is CNc1cc(CN(CC(F)(F)F)C2CC2)ccn1. The van der Waals surface area contributed by atoms with Gasteiger partial charge in [0.25, 0.3) is 0 Å². The Morgan fingerprint density at radius 3 is 2.72 bits per heavy atom. The molecule has 0 radical (unpaired) electrons. The van der Waals surface area contributed by atoms with Gasteiger partial charge in [-0.1, -0.05) is 0 Å². The monoisotopic (exact) mass is 259 g/mol. The zero-order chi connectivity index (χ0) is 13.2. The van der Waals surface area contributed by atoms with Gasteiger partial charge in [-0.2, -0.15) is 13.2 Å². The molecule has 1 aromatic heterocycles. The van der Waals surface area contributed by atoms with Crippen LogP contribution in [0.15, 0.2) is 18.3 Å². The van der Waals surface area contributed by atoms with Crippen LogP contribution >= 0.6 is 0 Å². The first-order valence-corrected chi connectivity index (χ1v) is 5.91. The van der Waals surface area contributed by atoms with Crippen LogP contribution in [0.4, 0.5) is 19.0 Å². The fourth-order valence-corrected chi connectivity index (χ4v) is 1.93. The van der Waals surface area contributed by atoms with Gasteiger partial charge >= 0.3 is 6.18 Å². The zero-order valence-corrected chi connectivity index (χ0v) is 10.2. The highest BCUT2D eigenvalue weighted by Crippen LogP contribution is 2.31. The summed E-state index contributed by atoms with van der Waals surface area (Å²) in [6, 6.07) is 3.62. The number of nitrogens with one attached hydrogen (secondary N) is 1. The molecule has 0 saturated heterocycles. The second-order valence-electron chi connectivity index (χ2n) is 4.55. The maximum atomic E-state index is 12.5. The Morgan fingerprint density at radius 2 is 2.17 bits per heavy atom. The lowest BCUT2D eigenvalue weighted by Gasteiger charge is -2.23. The predicted molar refractivity (Wildman–Crippen MR) is 63.3 cm³/mol. The highest BCUT2D eigenvalue weighted by Gasteiger charge is 2.37. The largest absolute Gasteiger partial charge is 0.401 e. The molecule has 1 heterocycles. The van der Waals surface area contributed by atoms with Crippen LogP contribution in [0.1, 0.15) is 18.4 Å². The Morgan fingerprint density at radius 1 is 1.44 bits per heavy atom. The van der Waals surface area contributed by atoms with Crippen LogP contribution in [-0.4, -0.2) is 35.7 Å². The van der Waals surface area contributed by atoms with Gasteiger partial charge in [0.05, 0.1) is 6.54 Å². The molecule has 1 aliphatic rings. The highest BCUT2D eigenvalue weighted by molar-refractivity contribution is 5.36. The minimum Gasteiger partial charge on any atom is -0.373 e. The summed E-state index contributed by atoms with van der Waals surface area (Å²) in [4.78, 5) is 5.54. The summed E-state index contributed by atoms with van der Waals surface area (Å²) in [6.07, 6.45) is -0.804. The lowest BCUT2D eigenvalue weighted by Crippen LogP contribution is -2.35. The molecule has 0 spiro atoms. The average Bonchev–Trinajstić information content (AvgIpc) is 3.10. The summed E-state index contributed by atoms with van der Waals surface area (Å²) in [5.74, 6) is 0.676. The molecule has 1 N–H and O–H groups in total. The number of halogens is 3. The molecular formula is C12H16F3N3. The van der Waals surface area contributed by atoms with E-state index in [1.807, 2.05) is 0 Å². The van der Waals surface area contributed by atoms with E-state index in [1.54, 1.807) is 25.4 Å². The first kappa shape index (κ1) is 13.1. The molecule has 3 nitrogen and oxygen atoms in total. The molecule has 0 atom stereocenters. The molecule has 0 aromatic carbocycles. The van der Waals surface area contributed by atoms with E-state index in [2.05, 4.69) is 10.3 Å². The fraction of sp³-hybridized carbons (Fsp3) is 0.583. The van der Waals surface area contributed by atoms with Gasteiger partial charge in [-0.15, -0.1) is 0 Å². The molecule has 18 heavy (non-hydrogen) atoms. The smallest absolute Gasteiger partial charge is 0.373 e. The van der Waals surface area contributed by atoms with Crippen LogP contribution < -0.4 is 5.32 Å². The summed E-state index contributed by atoms with van der Waals surface area (Å²) in [7, 11) is 1.74. The zero-order valence-electron chi connectivity index (χ0n) is 10.2. The van der Waals surface area contributed by atoms with Crippen molar-refractivity contribution in [2.45, 2.75) is 31.6 Å². The van der Waals surface area contributed by atoms with Crippen LogP contribution in [-0.2, 0) is 6.54 Å². The van der Waals surface area contributed by atoms with Crippen molar-refractivity contribution in [3.63, 3.8) is 0 Å². The molecular weight excluding hydrogens is 243 g/mol. The molecule has 0 bridgehead atoms. The van der Waals surface area contributed by atoms with Gasteiger partial charge in [0.15, 0.2) is 0 Å². The maximum absolute atomic E-state index is 12.5. The fourth-order valence-electron chi connectivity index (χ4n) is 1.93. The van der Waals surface area contributed by atoms with Crippen LogP contribution in [0.25, 0.3) is 0 Å². The summed E-state index contributed by atoms with van der Waals surface area (Å²) >= 11 is 0. The van der Waals surface area contributed by atoms with Crippen LogP contribution in [0.3, 0.4) is 0 Å². The number of nitrogens with zero attached hydrogens (tertiary/aromatic N) is 2. The van der Waals surface area contributed by atoms with Crippen molar-refractivity contribution in [3.05, 3.63) is 23.9 Å². The summed E-state index contributed by atoms with van der Waals surface area (Å²) in [6.45, 7) is -0.518. The topological polar surface area (TPSA) is 28.2 Å². The maximum Gasteiger partial charge on any atom is 0.401 e. The summed E-state index contributed by atoms with van der Waals surface area (Å²) in [5.41, 5.74) is 0.852. The van der Waals surface area contributed by atoms with Crippen molar-refractivity contribution < 1.29 is 13.2 Å². The van der Waals surface area contributed by atoms with Gasteiger partial charge in [-0.25, -0.2) is 4.98 Å². The minimum atomic E-state index is -4.14. The minimum absolute atomic E-state index is 0.0813. The molecule has 0 amide bonds. The van der Waals surface area contributed by atoms with Crippen molar-refractivity contribution in [2.75, 3.05) is 18.9 Å². The number of pyridine rings is 1. The van der Waals surface area contributed by atoms with Gasteiger partial charge in [-0.3, -0.25) is 4.90 Å². The van der Waals surface area contributed by atoms with Crippen molar-refractivity contribution in [1.29, 1.82) is 0 Å². The van der Waals surface area contributed by atoms with E-state index in [-0.39, 0.29) is 6.04 Å². The van der Waals surface area contributed by atoms with Crippen molar-refractivity contribution in [2.24, 2.45) is 0 Å². The lowest BCUT2D eigenvalue weighted by molar-refractivity contribution is -0.148. The van der Waals surface area contributed by atoms with E-state index in [1.165, 1.54) is 4.90 Å². The van der Waals surface area contributed by atoms with E-state index in [0.29, 0.717) is 12.4 Å². The van der Waals surface area contributed by atoms with Crippen LogP contribution in [0.5, 0.6) is 0 Å². The molecule has 0 unspecified atom stereocenters. The van der Waals surface area contributed by atoms with Gasteiger partial charge in [0.1, 0.15) is 5.82 Å². The van der Waals surface area contributed by atoms with E-state index in [4.69, 9.17) is 0 Å². The first-order valence-electron chi connectivity index (χ1n) is 5.91. The number of rotatable bonds is 5. The number of hydrogen-bond acceptors (Lipinski definition) is 3. The van der Waals surface area contributed by atoms with E-state index in [0.717, 1.165) is 18.4 Å². The third-order valence-corrected chi connectivity index (χ3v) is 2.91. The van der Waals surface area contributed by atoms with Crippen molar-refractivity contribution in [1.82, 2.24) is 9.88 Å². The van der Waals surface area contributed by atoms with Crippen molar-refractivity contribution >= 4 is 5.82 Å². The van der Waals surface area contributed by atoms with Gasteiger partial charge < -0.3 is 5.32 Å². The highest BCUT2D eigenvalue weighted by atomic mass is 19.4. The van der Waals surface area contributed by atoms with Gasteiger partial charge in [-0.05, 0) is 30.5 Å². The lowest BCUT2D eigenvalue weighted by atomic mass is 10.2. The molecule has 100 valence electrons. The predicted octanol–water partition coefficient (Wildman–Crippen LogP) is 2.65.